The van der Waals surface area contributed by atoms with Crippen LogP contribution >= 0.6 is 0 Å². The Bertz CT molecular complexity index is 206. The van der Waals surface area contributed by atoms with E-state index < -0.39 is 0 Å². The summed E-state index contributed by atoms with van der Waals surface area (Å²) in [7, 11) is 0. The van der Waals surface area contributed by atoms with Gasteiger partial charge in [0.15, 0.2) is 0 Å². The van der Waals surface area contributed by atoms with Crippen molar-refractivity contribution in [2.24, 2.45) is 5.73 Å². The molecule has 0 aliphatic carbocycles. The fourth-order valence-electron chi connectivity index (χ4n) is 1.37. The van der Waals surface area contributed by atoms with Crippen molar-refractivity contribution in [1.29, 1.82) is 0 Å². The molecule has 0 aliphatic rings. The lowest BCUT2D eigenvalue weighted by Gasteiger charge is -2.10. The maximum atomic E-state index is 5.45. The Labute approximate surface area is 74.6 Å². The second-order valence-corrected chi connectivity index (χ2v) is 3.24. The molecular weight excluding hydrogens is 146 g/mol. The molecule has 0 saturated carbocycles. The summed E-state index contributed by atoms with van der Waals surface area (Å²) in [6.07, 6.45) is 2.32. The molecule has 0 aromatic heterocycles. The van der Waals surface area contributed by atoms with E-state index in [0.29, 0.717) is 5.92 Å². The molecule has 1 nitrogen and oxygen atoms in total. The van der Waals surface area contributed by atoms with Gasteiger partial charge in [0.2, 0.25) is 0 Å². The third-order valence-corrected chi connectivity index (χ3v) is 2.21. The Balaban J connectivity index is 2.48. The molecule has 12 heavy (non-hydrogen) atoms. The molecule has 0 fully saturated rings. The van der Waals surface area contributed by atoms with Crippen LogP contribution in [0.3, 0.4) is 0 Å². The SMILES string of the molecule is C[C@H](CCCN)c1ccccc1. The molecule has 0 radical (unpaired) electrons. The molecule has 0 saturated heterocycles. The van der Waals surface area contributed by atoms with Crippen LogP contribution in [0.15, 0.2) is 30.3 Å². The van der Waals surface area contributed by atoms with Gasteiger partial charge in [0.25, 0.3) is 0 Å². The molecular formula is C11H17N. The first-order valence-corrected chi connectivity index (χ1v) is 4.59. The van der Waals surface area contributed by atoms with E-state index >= 15 is 0 Å². The Hall–Kier alpha value is -0.820. The number of rotatable bonds is 4. The van der Waals surface area contributed by atoms with E-state index in [-0.39, 0.29) is 0 Å². The summed E-state index contributed by atoms with van der Waals surface area (Å²) in [4.78, 5) is 0. The van der Waals surface area contributed by atoms with Gasteiger partial charge in [-0.2, -0.15) is 0 Å². The molecule has 2 N–H and O–H groups in total. The van der Waals surface area contributed by atoms with Crippen molar-refractivity contribution in [2.45, 2.75) is 25.7 Å². The number of benzene rings is 1. The molecule has 0 amide bonds. The van der Waals surface area contributed by atoms with Gasteiger partial charge >= 0.3 is 0 Å². The third kappa shape index (κ3) is 2.67. The lowest BCUT2D eigenvalue weighted by molar-refractivity contribution is 0.641. The Kier molecular flexibility index (Phi) is 3.81. The predicted octanol–water partition coefficient (Wildman–Crippen LogP) is 2.53. The predicted molar refractivity (Wildman–Crippen MR) is 53.1 cm³/mol. The number of hydrogen-bond donors (Lipinski definition) is 1. The first-order chi connectivity index (χ1) is 5.84. The van der Waals surface area contributed by atoms with Crippen molar-refractivity contribution in [1.82, 2.24) is 0 Å². The van der Waals surface area contributed by atoms with Crippen LogP contribution in [0.4, 0.5) is 0 Å². The first-order valence-electron chi connectivity index (χ1n) is 4.59. The summed E-state index contributed by atoms with van der Waals surface area (Å²) >= 11 is 0. The third-order valence-electron chi connectivity index (χ3n) is 2.21. The highest BCUT2D eigenvalue weighted by Crippen LogP contribution is 2.19. The van der Waals surface area contributed by atoms with Crippen LogP contribution in [0.5, 0.6) is 0 Å². The van der Waals surface area contributed by atoms with Gasteiger partial charge in [0.1, 0.15) is 0 Å². The average Bonchev–Trinajstić information content (AvgIpc) is 2.15. The minimum Gasteiger partial charge on any atom is -0.330 e. The van der Waals surface area contributed by atoms with Gasteiger partial charge in [0.05, 0.1) is 0 Å². The number of nitrogens with two attached hydrogens (primary N) is 1. The zero-order chi connectivity index (χ0) is 8.81. The van der Waals surface area contributed by atoms with Gasteiger partial charge in [-0.3, -0.25) is 0 Å². The molecule has 0 aliphatic heterocycles. The van der Waals surface area contributed by atoms with Crippen LogP contribution in [0.2, 0.25) is 0 Å². The topological polar surface area (TPSA) is 26.0 Å². The number of hydrogen-bond acceptors (Lipinski definition) is 1. The first kappa shape index (κ1) is 9.27. The molecule has 1 rings (SSSR count). The fourth-order valence-corrected chi connectivity index (χ4v) is 1.37. The molecule has 0 unspecified atom stereocenters. The maximum absolute atomic E-state index is 5.45. The van der Waals surface area contributed by atoms with E-state index in [0.717, 1.165) is 13.0 Å². The van der Waals surface area contributed by atoms with Crippen molar-refractivity contribution in [2.75, 3.05) is 6.54 Å². The normalized spacial score (nSPS) is 12.8. The maximum Gasteiger partial charge on any atom is -0.00771 e. The quantitative estimate of drug-likeness (QED) is 0.725. The largest absolute Gasteiger partial charge is 0.330 e. The molecule has 1 aromatic rings. The summed E-state index contributed by atoms with van der Waals surface area (Å²) in [5.41, 5.74) is 6.88. The smallest absolute Gasteiger partial charge is 0.00771 e. The van der Waals surface area contributed by atoms with Gasteiger partial charge in [0, 0.05) is 0 Å². The Morgan fingerprint density at radius 1 is 1.25 bits per heavy atom. The highest BCUT2D eigenvalue weighted by molar-refractivity contribution is 5.18. The van der Waals surface area contributed by atoms with E-state index in [1.54, 1.807) is 0 Å². The van der Waals surface area contributed by atoms with Gasteiger partial charge in [-0.25, -0.2) is 0 Å². The molecule has 1 atom stereocenters. The molecule has 0 bridgehead atoms. The van der Waals surface area contributed by atoms with Crippen LogP contribution in [-0.4, -0.2) is 6.54 Å². The molecule has 1 heteroatoms. The summed E-state index contributed by atoms with van der Waals surface area (Å²) < 4.78 is 0. The van der Waals surface area contributed by atoms with Crippen LogP contribution in [-0.2, 0) is 0 Å². The Morgan fingerprint density at radius 2 is 1.92 bits per heavy atom. The van der Waals surface area contributed by atoms with Crippen molar-refractivity contribution in [3.8, 4) is 0 Å². The van der Waals surface area contributed by atoms with Gasteiger partial charge in [-0.05, 0) is 30.9 Å². The zero-order valence-corrected chi connectivity index (χ0v) is 7.66. The lowest BCUT2D eigenvalue weighted by Crippen LogP contribution is -2.01. The molecule has 0 heterocycles. The standard InChI is InChI=1S/C11H17N/c1-10(6-5-9-12)11-7-3-2-4-8-11/h2-4,7-8,10H,5-6,9,12H2,1H3/t10-/m1/s1. The van der Waals surface area contributed by atoms with E-state index in [1.807, 2.05) is 0 Å². The van der Waals surface area contributed by atoms with Crippen molar-refractivity contribution >= 4 is 0 Å². The zero-order valence-electron chi connectivity index (χ0n) is 7.66. The van der Waals surface area contributed by atoms with Crippen LogP contribution in [0.1, 0.15) is 31.2 Å². The lowest BCUT2D eigenvalue weighted by atomic mass is 9.96. The highest BCUT2D eigenvalue weighted by atomic mass is 14.5. The Morgan fingerprint density at radius 3 is 2.50 bits per heavy atom. The minimum absolute atomic E-state index is 0.648. The average molecular weight is 163 g/mol. The monoisotopic (exact) mass is 163 g/mol. The second-order valence-electron chi connectivity index (χ2n) is 3.24. The van der Waals surface area contributed by atoms with Gasteiger partial charge < -0.3 is 5.73 Å². The van der Waals surface area contributed by atoms with E-state index in [9.17, 15) is 0 Å². The summed E-state index contributed by atoms with van der Waals surface area (Å²) in [5, 5.41) is 0. The van der Waals surface area contributed by atoms with Crippen molar-refractivity contribution in [3.63, 3.8) is 0 Å². The van der Waals surface area contributed by atoms with E-state index in [1.165, 1.54) is 12.0 Å². The molecule has 1 aromatic carbocycles. The fraction of sp³-hybridized carbons (Fsp3) is 0.455. The molecule has 66 valence electrons. The molecule has 0 spiro atoms. The minimum atomic E-state index is 0.648. The van der Waals surface area contributed by atoms with Gasteiger partial charge in [-0.1, -0.05) is 37.3 Å². The van der Waals surface area contributed by atoms with Crippen LogP contribution in [0, 0.1) is 0 Å². The summed E-state index contributed by atoms with van der Waals surface area (Å²) in [5.74, 6) is 0.648. The van der Waals surface area contributed by atoms with Crippen LogP contribution in [0.25, 0.3) is 0 Å². The second kappa shape index (κ2) is 4.94. The highest BCUT2D eigenvalue weighted by Gasteiger charge is 2.02. The van der Waals surface area contributed by atoms with E-state index in [2.05, 4.69) is 37.3 Å². The summed E-state index contributed by atoms with van der Waals surface area (Å²) in [6, 6.07) is 10.6. The summed E-state index contributed by atoms with van der Waals surface area (Å²) in [6.45, 7) is 3.06. The van der Waals surface area contributed by atoms with E-state index in [4.69, 9.17) is 5.73 Å². The van der Waals surface area contributed by atoms with Crippen LogP contribution < -0.4 is 5.73 Å². The van der Waals surface area contributed by atoms with Crippen molar-refractivity contribution < 1.29 is 0 Å². The van der Waals surface area contributed by atoms with Crippen molar-refractivity contribution in [3.05, 3.63) is 35.9 Å². The van der Waals surface area contributed by atoms with Gasteiger partial charge in [-0.15, -0.1) is 0 Å².